The highest BCUT2D eigenvalue weighted by Gasteiger charge is 2.85. The number of aromatic nitrogens is 4. The molecule has 7 atom stereocenters. The molecule has 4 aromatic rings. The van der Waals surface area contributed by atoms with Crippen molar-refractivity contribution in [3.8, 4) is 5.75 Å². The van der Waals surface area contributed by atoms with E-state index in [-0.39, 0.29) is 23.6 Å². The van der Waals surface area contributed by atoms with Gasteiger partial charge in [-0.3, -0.25) is 13.9 Å². The van der Waals surface area contributed by atoms with Crippen molar-refractivity contribution in [3.63, 3.8) is 0 Å². The summed E-state index contributed by atoms with van der Waals surface area (Å²) in [4.78, 5) is 27.6. The highest BCUT2D eigenvalue weighted by molar-refractivity contribution is 8.09. The number of anilines is 2. The fourth-order valence-electron chi connectivity index (χ4n) is 5.71. The number of hydrogen-bond acceptors (Lipinski definition) is 12. The molecule has 4 N–H and O–H groups in total. The molecule has 0 spiro atoms. The van der Waals surface area contributed by atoms with Gasteiger partial charge in [-0.2, -0.15) is 9.97 Å². The van der Waals surface area contributed by atoms with Crippen LogP contribution in [-0.2, 0) is 30.6 Å². The molecule has 1 aliphatic heterocycles. The van der Waals surface area contributed by atoms with Gasteiger partial charge in [-0.1, -0.05) is 57.2 Å². The number of esters is 1. The topological polar surface area (TPSA) is 159 Å². The number of hydrogen-bond donors (Lipinski definition) is 3. The molecule has 2 aliphatic rings. The third-order valence-electron chi connectivity index (χ3n) is 8.23. The molecule has 0 bridgehead atoms. The summed E-state index contributed by atoms with van der Waals surface area (Å²) in [6.07, 6.45) is -2.32. The Morgan fingerprint density at radius 1 is 1.26 bits per heavy atom. The molecule has 1 saturated carbocycles. The van der Waals surface area contributed by atoms with Gasteiger partial charge >= 0.3 is 12.6 Å². The van der Waals surface area contributed by atoms with Gasteiger partial charge in [0.1, 0.15) is 24.0 Å². The molecule has 2 aromatic carbocycles. The SMILES string of the molecule is C[C@H](NP(=S)(Oc1cccc2ccccc12)OC1[C@H]2O[C@@H](n3cnc4c(N(C)C)nc(N)nc43)[C@](C)(F)[C@@]12O)C(=O)OCC(C)(C)C. The second-order valence-electron chi connectivity index (χ2n) is 13.5. The van der Waals surface area contributed by atoms with Crippen molar-refractivity contribution in [2.75, 3.05) is 31.3 Å². The summed E-state index contributed by atoms with van der Waals surface area (Å²) in [5.74, 6) is 0.250. The minimum atomic E-state index is -3.70. The van der Waals surface area contributed by atoms with E-state index in [1.807, 2.05) is 51.1 Å². The molecular weight excluding hydrogens is 648 g/mol. The molecule has 16 heteroatoms. The molecule has 0 radical (unpaired) electrons. The van der Waals surface area contributed by atoms with E-state index in [2.05, 4.69) is 20.0 Å². The monoisotopic (exact) mass is 687 g/mol. The molecule has 2 fully saturated rings. The average Bonchev–Trinajstić information content (AvgIpc) is 3.24. The minimum Gasteiger partial charge on any atom is -0.464 e. The maximum absolute atomic E-state index is 16.9. The normalized spacial score (nSPS) is 27.3. The van der Waals surface area contributed by atoms with Crippen molar-refractivity contribution in [2.24, 2.45) is 5.41 Å². The number of nitrogen functional groups attached to an aromatic ring is 1. The Kier molecular flexibility index (Phi) is 8.26. The molecular formula is C31H39FN7O6PS. The zero-order chi connectivity index (χ0) is 34.1. The number of alkyl halides is 1. The van der Waals surface area contributed by atoms with Gasteiger partial charge in [-0.25, -0.2) is 14.5 Å². The van der Waals surface area contributed by atoms with Crippen LogP contribution in [0, 0.1) is 5.41 Å². The van der Waals surface area contributed by atoms with Crippen LogP contribution >= 0.6 is 6.64 Å². The standard InChI is InChI=1S/C31H39FN7O6PS/c1-17(26(40)42-15-29(2,3)4)37-46(47,44-20-14-10-12-18-11-8-9-13-19(18)20)45-23-22-31(23,41)30(5,32)27(43-22)39-16-34-21-24(38(6)7)35-28(33)36-25(21)39/h8-14,16-17,22-23,27,41H,15H2,1-7H3,(H,37,47)(H2,33,35,36)/t17-,22+,23?,27+,30-,31-,46?/m0/s1. The maximum atomic E-state index is 16.9. The predicted octanol–water partition coefficient (Wildman–Crippen LogP) is 4.25. The molecule has 0 amide bonds. The largest absolute Gasteiger partial charge is 0.464 e. The van der Waals surface area contributed by atoms with Crippen LogP contribution in [0.15, 0.2) is 48.8 Å². The van der Waals surface area contributed by atoms with Crippen molar-refractivity contribution in [3.05, 3.63) is 48.8 Å². The Labute approximate surface area is 276 Å². The van der Waals surface area contributed by atoms with Gasteiger partial charge in [0, 0.05) is 19.5 Å². The quantitative estimate of drug-likeness (QED) is 0.161. The molecule has 1 aliphatic carbocycles. The fraction of sp³-hybridized carbons (Fsp3) is 0.484. The van der Waals surface area contributed by atoms with Crippen molar-refractivity contribution >= 4 is 58.1 Å². The summed E-state index contributed by atoms with van der Waals surface area (Å²) in [6, 6.07) is 12.0. The molecule has 2 aromatic heterocycles. The summed E-state index contributed by atoms with van der Waals surface area (Å²) >= 11 is 5.95. The lowest BCUT2D eigenvalue weighted by Gasteiger charge is -2.33. The Bertz CT molecular complexity index is 1900. The van der Waals surface area contributed by atoms with Crippen LogP contribution in [-0.4, -0.2) is 80.8 Å². The van der Waals surface area contributed by atoms with Gasteiger partial charge in [0.05, 0.1) is 12.9 Å². The number of imidazole rings is 1. The van der Waals surface area contributed by atoms with Gasteiger partial charge in [0.2, 0.25) is 5.95 Å². The Balaban J connectivity index is 1.29. The lowest BCUT2D eigenvalue weighted by atomic mass is 9.97. The predicted molar refractivity (Wildman–Crippen MR) is 179 cm³/mol. The number of fused-ring (bicyclic) bond motifs is 3. The fourth-order valence-corrected chi connectivity index (χ4v) is 8.43. The van der Waals surface area contributed by atoms with E-state index >= 15 is 4.39 Å². The summed E-state index contributed by atoms with van der Waals surface area (Å²) in [7, 11) is 3.55. The molecule has 3 heterocycles. The van der Waals surface area contributed by atoms with Crippen LogP contribution in [0.5, 0.6) is 5.75 Å². The van der Waals surface area contributed by atoms with Gasteiger partial charge in [0.15, 0.2) is 34.5 Å². The zero-order valence-corrected chi connectivity index (χ0v) is 28.9. The molecule has 252 valence electrons. The minimum absolute atomic E-state index is 0.0286. The Morgan fingerprint density at radius 2 is 1.96 bits per heavy atom. The first kappa shape index (κ1) is 33.4. The zero-order valence-electron chi connectivity index (χ0n) is 27.2. The highest BCUT2D eigenvalue weighted by Crippen LogP contribution is 2.66. The van der Waals surface area contributed by atoms with E-state index in [4.69, 9.17) is 36.1 Å². The average molecular weight is 688 g/mol. The molecule has 2 unspecified atom stereocenters. The number of nitrogens with zero attached hydrogens (tertiary/aromatic N) is 5. The first-order chi connectivity index (χ1) is 21.9. The maximum Gasteiger partial charge on any atom is 0.323 e. The molecule has 47 heavy (non-hydrogen) atoms. The third-order valence-corrected chi connectivity index (χ3v) is 10.7. The number of ether oxygens (including phenoxy) is 2. The number of nitrogens with one attached hydrogen (secondary N) is 1. The van der Waals surface area contributed by atoms with Crippen molar-refractivity contribution in [1.29, 1.82) is 0 Å². The number of aliphatic hydroxyl groups is 1. The number of halogens is 1. The van der Waals surface area contributed by atoms with Crippen molar-refractivity contribution < 1.29 is 32.8 Å². The number of rotatable bonds is 10. The van der Waals surface area contributed by atoms with Crippen molar-refractivity contribution in [1.82, 2.24) is 24.6 Å². The van der Waals surface area contributed by atoms with Crippen LogP contribution in [0.2, 0.25) is 0 Å². The van der Waals surface area contributed by atoms with Crippen LogP contribution in [0.1, 0.15) is 40.8 Å². The number of carbonyl (C=O) groups is 1. The second-order valence-corrected chi connectivity index (χ2v) is 16.6. The lowest BCUT2D eigenvalue weighted by Crippen LogP contribution is -2.45. The van der Waals surface area contributed by atoms with Gasteiger partial charge in [-0.15, -0.1) is 0 Å². The van der Waals surface area contributed by atoms with E-state index < -0.39 is 48.4 Å². The van der Waals surface area contributed by atoms with E-state index in [1.54, 1.807) is 38.1 Å². The second kappa shape index (κ2) is 11.6. The third kappa shape index (κ3) is 5.93. The van der Waals surface area contributed by atoms with Gasteiger partial charge in [-0.05, 0) is 42.5 Å². The summed E-state index contributed by atoms with van der Waals surface area (Å²) in [6.45, 7) is 5.12. The van der Waals surface area contributed by atoms with Crippen LogP contribution in [0.4, 0.5) is 16.2 Å². The Morgan fingerprint density at radius 3 is 2.62 bits per heavy atom. The first-order valence-electron chi connectivity index (χ1n) is 15.1. The summed E-state index contributed by atoms with van der Waals surface area (Å²) in [5.41, 5.74) is 1.79. The van der Waals surface area contributed by atoms with Gasteiger partial charge in [0.25, 0.3) is 0 Å². The van der Waals surface area contributed by atoms with E-state index in [0.29, 0.717) is 17.1 Å². The highest BCUT2D eigenvalue weighted by atomic mass is 32.5. The number of benzene rings is 2. The first-order valence-corrected chi connectivity index (χ1v) is 17.7. The van der Waals surface area contributed by atoms with E-state index in [0.717, 1.165) is 10.8 Å². The molecule has 6 rings (SSSR count). The smallest absolute Gasteiger partial charge is 0.323 e. The summed E-state index contributed by atoms with van der Waals surface area (Å²) in [5, 5.41) is 16.4. The van der Waals surface area contributed by atoms with Crippen molar-refractivity contribution in [2.45, 2.75) is 70.4 Å². The van der Waals surface area contributed by atoms with Crippen LogP contribution in [0.3, 0.4) is 0 Å². The lowest BCUT2D eigenvalue weighted by molar-refractivity contribution is -0.148. The van der Waals surface area contributed by atoms with Crippen LogP contribution < -0.4 is 20.2 Å². The van der Waals surface area contributed by atoms with Crippen LogP contribution in [0.25, 0.3) is 21.9 Å². The molecule has 1 saturated heterocycles. The number of carbonyl (C=O) groups excluding carboxylic acids is 1. The van der Waals surface area contributed by atoms with E-state index in [1.165, 1.54) is 17.8 Å². The Hall–Kier alpha value is -3.46. The van der Waals surface area contributed by atoms with Gasteiger partial charge < -0.3 is 29.7 Å². The molecule has 13 nitrogen and oxygen atoms in total. The number of nitrogens with two attached hydrogens (primary N) is 1. The van der Waals surface area contributed by atoms with E-state index in [9.17, 15) is 9.90 Å². The summed E-state index contributed by atoms with van der Waals surface area (Å²) < 4.78 is 42.5.